The Hall–Kier alpha value is -4.12. The number of nitrogens with zero attached hydrogens (tertiary/aromatic N) is 3. The van der Waals surface area contributed by atoms with Crippen molar-refractivity contribution >= 4 is 23.6 Å². The molecule has 5 rings (SSSR count). The monoisotopic (exact) mass is 591 g/mol. The fourth-order valence-electron chi connectivity index (χ4n) is 6.45. The first kappa shape index (κ1) is 30.3. The Bertz CT molecular complexity index is 1310. The Morgan fingerprint density at radius 3 is 2.56 bits per heavy atom. The molecule has 11 nitrogen and oxygen atoms in total. The Balaban J connectivity index is 1.28. The quantitative estimate of drug-likeness (QED) is 0.479. The number of phenolic OH excluding ortho intramolecular Hbond substituents is 1. The summed E-state index contributed by atoms with van der Waals surface area (Å²) in [5.74, 6) is 0.0532. The van der Waals surface area contributed by atoms with Gasteiger partial charge in [-0.1, -0.05) is 36.4 Å². The van der Waals surface area contributed by atoms with Gasteiger partial charge in [-0.05, 0) is 55.8 Å². The summed E-state index contributed by atoms with van der Waals surface area (Å²) in [6.45, 7) is 2.39. The number of rotatable bonds is 5. The maximum absolute atomic E-state index is 13.4. The molecule has 11 heteroatoms. The van der Waals surface area contributed by atoms with Crippen LogP contribution in [0, 0.1) is 11.8 Å². The average molecular weight is 592 g/mol. The lowest BCUT2D eigenvalue weighted by atomic mass is 9.80. The lowest BCUT2D eigenvalue weighted by Crippen LogP contribution is -2.49. The van der Waals surface area contributed by atoms with E-state index < -0.39 is 12.1 Å². The van der Waals surface area contributed by atoms with Crippen LogP contribution in [0.3, 0.4) is 0 Å². The second kappa shape index (κ2) is 13.9. The summed E-state index contributed by atoms with van der Waals surface area (Å²) < 4.78 is 5.65. The first-order valence-corrected chi connectivity index (χ1v) is 15.0. The first-order valence-electron chi connectivity index (χ1n) is 15.0. The number of para-hydroxylation sites is 2. The zero-order chi connectivity index (χ0) is 30.3. The number of amides is 4. The Labute approximate surface area is 252 Å². The van der Waals surface area contributed by atoms with E-state index in [0.717, 1.165) is 25.1 Å². The molecule has 43 heavy (non-hydrogen) atoms. The predicted octanol–water partition coefficient (Wildman–Crippen LogP) is 1.36. The lowest BCUT2D eigenvalue weighted by Gasteiger charge is -2.39. The molecule has 0 radical (unpaired) electrons. The number of hydrogen-bond donors (Lipinski definition) is 3. The summed E-state index contributed by atoms with van der Waals surface area (Å²) in [4.78, 5) is 57.9. The van der Waals surface area contributed by atoms with Gasteiger partial charge in [-0.25, -0.2) is 0 Å². The van der Waals surface area contributed by atoms with Crippen molar-refractivity contribution < 1.29 is 29.0 Å². The van der Waals surface area contributed by atoms with Crippen LogP contribution in [0.5, 0.6) is 11.5 Å². The third-order valence-electron chi connectivity index (χ3n) is 8.81. The maximum Gasteiger partial charge on any atom is 0.261 e. The number of benzene rings is 2. The van der Waals surface area contributed by atoms with E-state index in [0.29, 0.717) is 31.7 Å². The molecule has 4 amide bonds. The third kappa shape index (κ3) is 7.84. The number of phenols is 1. The topological polar surface area (TPSA) is 132 Å². The fourth-order valence-corrected chi connectivity index (χ4v) is 6.45. The van der Waals surface area contributed by atoms with E-state index in [1.807, 2.05) is 30.3 Å². The SMILES string of the molecule is CN1CC(=O)N[C@@H]2C[C@@H](C(=O)NCC[C@H]3CN(Cc4ccccc4O)CC[C@H]3CC1=O)N(C(=O)COc1ccccc1)C2. The molecule has 3 fully saturated rings. The molecule has 3 saturated heterocycles. The van der Waals surface area contributed by atoms with Crippen LogP contribution in [0.15, 0.2) is 54.6 Å². The molecule has 0 spiro atoms. The molecule has 3 heterocycles. The standard InChI is InChI=1S/C32H41N5O6/c1-35-20-29(39)34-25-16-27(37(19-25)31(41)21-43-26-8-3-2-4-9-26)32(42)33-13-11-23-17-36(14-12-22(23)15-30(35)40)18-24-7-5-6-10-28(24)38/h2-10,22-23,25,27,38H,11-21H2,1H3,(H,33,42)(H,34,39)/t22-,23-,25+,27-/m0/s1. The average Bonchev–Trinajstić information content (AvgIpc) is 3.42. The molecule has 3 N–H and O–H groups in total. The largest absolute Gasteiger partial charge is 0.508 e. The van der Waals surface area contributed by atoms with Crippen molar-refractivity contribution in [2.75, 3.05) is 46.4 Å². The van der Waals surface area contributed by atoms with Crippen LogP contribution in [0.25, 0.3) is 0 Å². The number of nitrogens with one attached hydrogen (secondary N) is 2. The summed E-state index contributed by atoms with van der Waals surface area (Å²) >= 11 is 0. The molecular weight excluding hydrogens is 550 g/mol. The Morgan fingerprint density at radius 2 is 1.77 bits per heavy atom. The molecule has 3 aliphatic rings. The summed E-state index contributed by atoms with van der Waals surface area (Å²) in [6.07, 6.45) is 2.09. The number of carbonyl (C=O) groups is 4. The van der Waals surface area contributed by atoms with Gasteiger partial charge in [0.2, 0.25) is 17.7 Å². The molecule has 0 saturated carbocycles. The minimum absolute atomic E-state index is 0.0858. The molecule has 4 atom stereocenters. The van der Waals surface area contributed by atoms with Crippen LogP contribution in [-0.2, 0) is 25.7 Å². The molecule has 0 aliphatic carbocycles. The van der Waals surface area contributed by atoms with Crippen LogP contribution in [0.1, 0.15) is 31.2 Å². The fraction of sp³-hybridized carbons (Fsp3) is 0.500. The zero-order valence-corrected chi connectivity index (χ0v) is 24.6. The van der Waals surface area contributed by atoms with Gasteiger partial charge in [0.05, 0.1) is 6.54 Å². The number of piperidine rings is 1. The van der Waals surface area contributed by atoms with Crippen molar-refractivity contribution in [1.29, 1.82) is 0 Å². The number of likely N-dealkylation sites (N-methyl/N-ethyl adjacent to an activating group) is 1. The minimum Gasteiger partial charge on any atom is -0.508 e. The highest BCUT2D eigenvalue weighted by Gasteiger charge is 2.41. The van der Waals surface area contributed by atoms with Crippen LogP contribution in [0.2, 0.25) is 0 Å². The van der Waals surface area contributed by atoms with E-state index >= 15 is 0 Å². The number of fused-ring (bicyclic) bond motifs is 3. The van der Waals surface area contributed by atoms with Crippen LogP contribution >= 0.6 is 0 Å². The summed E-state index contributed by atoms with van der Waals surface area (Å²) in [6, 6.07) is 15.2. The maximum atomic E-state index is 13.4. The van der Waals surface area contributed by atoms with Crippen LogP contribution in [0.4, 0.5) is 0 Å². The highest BCUT2D eigenvalue weighted by molar-refractivity contribution is 5.90. The number of aromatic hydroxyl groups is 1. The summed E-state index contributed by atoms with van der Waals surface area (Å²) in [5.41, 5.74) is 0.852. The molecule has 2 aromatic rings. The highest BCUT2D eigenvalue weighted by Crippen LogP contribution is 2.31. The van der Waals surface area contributed by atoms with Gasteiger partial charge < -0.3 is 30.3 Å². The second-order valence-corrected chi connectivity index (χ2v) is 11.9. The van der Waals surface area contributed by atoms with E-state index in [1.54, 1.807) is 31.3 Å². The number of hydrogen-bond acceptors (Lipinski definition) is 7. The lowest BCUT2D eigenvalue weighted by molar-refractivity contribution is -0.140. The molecule has 2 bridgehead atoms. The van der Waals surface area contributed by atoms with Gasteiger partial charge in [-0.2, -0.15) is 0 Å². The van der Waals surface area contributed by atoms with Crippen LogP contribution < -0.4 is 15.4 Å². The normalized spacial score (nSPS) is 25.7. The van der Waals surface area contributed by atoms with Gasteiger partial charge >= 0.3 is 0 Å². The van der Waals surface area contributed by atoms with Gasteiger partial charge in [-0.15, -0.1) is 0 Å². The van der Waals surface area contributed by atoms with Crippen molar-refractivity contribution in [2.45, 2.75) is 44.3 Å². The smallest absolute Gasteiger partial charge is 0.261 e. The van der Waals surface area contributed by atoms with Gasteiger partial charge in [0.1, 0.15) is 17.5 Å². The van der Waals surface area contributed by atoms with Gasteiger partial charge in [0, 0.05) is 51.3 Å². The summed E-state index contributed by atoms with van der Waals surface area (Å²) in [5, 5.41) is 16.2. The van der Waals surface area contributed by atoms with Crippen molar-refractivity contribution in [2.24, 2.45) is 11.8 Å². The molecule has 0 aromatic heterocycles. The van der Waals surface area contributed by atoms with Gasteiger partial charge in [0.25, 0.3) is 5.91 Å². The van der Waals surface area contributed by atoms with Crippen molar-refractivity contribution in [3.05, 3.63) is 60.2 Å². The van der Waals surface area contributed by atoms with E-state index in [-0.39, 0.29) is 67.3 Å². The Kier molecular flexibility index (Phi) is 9.81. The second-order valence-electron chi connectivity index (χ2n) is 11.9. The molecule has 2 aromatic carbocycles. The van der Waals surface area contributed by atoms with Gasteiger partial charge in [-0.3, -0.25) is 24.1 Å². The zero-order valence-electron chi connectivity index (χ0n) is 24.6. The predicted molar refractivity (Wildman–Crippen MR) is 159 cm³/mol. The number of ether oxygens (including phenoxy) is 1. The number of carbonyl (C=O) groups excluding carboxylic acids is 4. The van der Waals surface area contributed by atoms with E-state index in [2.05, 4.69) is 15.5 Å². The van der Waals surface area contributed by atoms with Crippen LogP contribution in [-0.4, -0.2) is 102 Å². The Morgan fingerprint density at radius 1 is 1.00 bits per heavy atom. The van der Waals surface area contributed by atoms with Crippen molar-refractivity contribution in [3.8, 4) is 11.5 Å². The first-order chi connectivity index (χ1) is 20.8. The van der Waals surface area contributed by atoms with Gasteiger partial charge in [0.15, 0.2) is 6.61 Å². The minimum atomic E-state index is -0.735. The van der Waals surface area contributed by atoms with E-state index in [1.165, 1.54) is 9.80 Å². The molecule has 0 unspecified atom stereocenters. The molecular formula is C32H41N5O6. The molecule has 3 aliphatic heterocycles. The van der Waals surface area contributed by atoms with E-state index in [4.69, 9.17) is 4.74 Å². The van der Waals surface area contributed by atoms with E-state index in [9.17, 15) is 24.3 Å². The molecule has 230 valence electrons. The van der Waals surface area contributed by atoms with Crippen molar-refractivity contribution in [3.63, 3.8) is 0 Å². The summed E-state index contributed by atoms with van der Waals surface area (Å²) in [7, 11) is 1.64. The highest BCUT2D eigenvalue weighted by atomic mass is 16.5. The third-order valence-corrected chi connectivity index (χ3v) is 8.81. The van der Waals surface area contributed by atoms with Crippen molar-refractivity contribution in [1.82, 2.24) is 25.3 Å². The number of likely N-dealkylation sites (tertiary alicyclic amines) is 2.